The Balaban J connectivity index is 2.18. The van der Waals surface area contributed by atoms with Crippen molar-refractivity contribution in [2.45, 2.75) is 65.3 Å². The van der Waals surface area contributed by atoms with E-state index in [1.54, 1.807) is 13.8 Å². The van der Waals surface area contributed by atoms with Crippen LogP contribution >= 0.6 is 14.5 Å². The summed E-state index contributed by atoms with van der Waals surface area (Å²) in [5.41, 5.74) is 0. The second-order valence-corrected chi connectivity index (χ2v) is 21.8. The van der Waals surface area contributed by atoms with E-state index in [9.17, 15) is 9.36 Å². The predicted octanol–water partition coefficient (Wildman–Crippen LogP) is 7.40. The first-order valence-electron chi connectivity index (χ1n) is 14.4. The Hall–Kier alpha value is -2.04. The van der Waals surface area contributed by atoms with Gasteiger partial charge in [-0.25, -0.2) is 0 Å². The lowest BCUT2D eigenvalue weighted by Gasteiger charge is -2.39. The summed E-state index contributed by atoms with van der Waals surface area (Å²) in [5.74, 6) is 1.89. The molecule has 1 atom stereocenters. The van der Waals surface area contributed by atoms with E-state index in [1.165, 1.54) is 0 Å². The summed E-state index contributed by atoms with van der Waals surface area (Å²) in [6, 6.07) is 30.8. The first-order valence-corrected chi connectivity index (χ1v) is 20.9. The number of ketones is 1. The van der Waals surface area contributed by atoms with Crippen molar-refractivity contribution in [3.63, 3.8) is 0 Å². The molecule has 5 nitrogen and oxygen atoms in total. The smallest absolute Gasteiger partial charge is 0.333 e. The highest BCUT2D eigenvalue weighted by molar-refractivity contribution is 7.95. The number of Topliss-reactive ketones (excluding diaryl/α,β-unsaturated/α-hetero) is 1. The Bertz CT molecular complexity index is 1240. The molecule has 0 aliphatic carbocycles. The van der Waals surface area contributed by atoms with Crippen molar-refractivity contribution in [1.82, 2.24) is 0 Å². The van der Waals surface area contributed by atoms with Gasteiger partial charge in [-0.2, -0.15) is 0 Å². The molecule has 0 heterocycles. The van der Waals surface area contributed by atoms with E-state index >= 15 is 0 Å². The minimum atomic E-state index is -3.46. The molecule has 0 radical (unpaired) electrons. The Labute approximate surface area is 248 Å². The Kier molecular flexibility index (Phi) is 11.8. The van der Waals surface area contributed by atoms with Gasteiger partial charge in [-0.3, -0.25) is 9.36 Å². The molecule has 0 saturated heterocycles. The summed E-state index contributed by atoms with van der Waals surface area (Å²) in [4.78, 5) is 14.3. The van der Waals surface area contributed by atoms with Crippen LogP contribution in [0.2, 0.25) is 18.1 Å². The van der Waals surface area contributed by atoms with Gasteiger partial charge in [0.2, 0.25) is 0 Å². The molecule has 222 valence electrons. The normalized spacial score (nSPS) is 13.5. The van der Waals surface area contributed by atoms with Gasteiger partial charge < -0.3 is 13.5 Å². The van der Waals surface area contributed by atoms with Crippen LogP contribution in [-0.2, 0) is 22.8 Å². The second kappa shape index (κ2) is 14.4. The monoisotopic (exact) mass is 612 g/mol. The number of carbonyl (C=O) groups excluding carboxylic acids is 1. The van der Waals surface area contributed by atoms with Crippen molar-refractivity contribution >= 4 is 50.3 Å². The van der Waals surface area contributed by atoms with Crippen LogP contribution in [0.3, 0.4) is 0 Å². The maximum absolute atomic E-state index is 14.3. The fourth-order valence-electron chi connectivity index (χ4n) is 4.68. The molecule has 3 rings (SSSR count). The third kappa shape index (κ3) is 8.51. The minimum absolute atomic E-state index is 0.0359. The summed E-state index contributed by atoms with van der Waals surface area (Å²) in [6.45, 7) is 12.4. The number of rotatable bonds is 14. The third-order valence-electron chi connectivity index (χ3n) is 7.60. The van der Waals surface area contributed by atoms with E-state index in [2.05, 4.69) is 70.3 Å². The van der Waals surface area contributed by atoms with E-state index in [0.717, 1.165) is 15.9 Å². The van der Waals surface area contributed by atoms with Crippen molar-refractivity contribution in [3.8, 4) is 0 Å². The third-order valence-corrected chi connectivity index (χ3v) is 18.3. The van der Waals surface area contributed by atoms with Gasteiger partial charge in [-0.1, -0.05) is 112 Å². The molecule has 3 aromatic carbocycles. The van der Waals surface area contributed by atoms with Crippen molar-refractivity contribution in [1.29, 1.82) is 0 Å². The number of benzene rings is 3. The molecule has 0 N–H and O–H groups in total. The SMILES string of the molecule is CCOP(=O)(C[C@@H](CC(=O)C=P(c1ccccc1)(c1ccccc1)c1ccccc1)O[Si](C)(C)C(C)(C)C)OCC. The van der Waals surface area contributed by atoms with Gasteiger partial charge >= 0.3 is 7.60 Å². The van der Waals surface area contributed by atoms with Crippen molar-refractivity contribution in [3.05, 3.63) is 91.0 Å². The van der Waals surface area contributed by atoms with Crippen LogP contribution in [0, 0.1) is 0 Å². The first kappa shape index (κ1) is 33.5. The molecule has 0 aromatic heterocycles. The molecular formula is C33H46O5P2Si. The minimum Gasteiger partial charge on any atom is -0.413 e. The van der Waals surface area contributed by atoms with Crippen LogP contribution in [0.1, 0.15) is 41.0 Å². The Morgan fingerprint density at radius 3 is 1.51 bits per heavy atom. The van der Waals surface area contributed by atoms with Gasteiger partial charge in [0.1, 0.15) is 0 Å². The van der Waals surface area contributed by atoms with E-state index in [4.69, 9.17) is 13.5 Å². The van der Waals surface area contributed by atoms with Crippen LogP contribution in [0.25, 0.3) is 0 Å². The molecule has 8 heteroatoms. The van der Waals surface area contributed by atoms with E-state index < -0.39 is 28.9 Å². The van der Waals surface area contributed by atoms with Crippen molar-refractivity contribution in [2.24, 2.45) is 0 Å². The quantitative estimate of drug-likeness (QED) is 0.140. The largest absolute Gasteiger partial charge is 0.413 e. The maximum atomic E-state index is 14.3. The van der Waals surface area contributed by atoms with Gasteiger partial charge in [0.25, 0.3) is 0 Å². The van der Waals surface area contributed by atoms with E-state index in [0.29, 0.717) is 0 Å². The number of carbonyl (C=O) groups is 1. The summed E-state index contributed by atoms with van der Waals surface area (Å²) in [5, 5.41) is 3.21. The zero-order valence-electron chi connectivity index (χ0n) is 25.6. The highest BCUT2D eigenvalue weighted by atomic mass is 31.2. The molecule has 3 aromatic rings. The highest BCUT2D eigenvalue weighted by Gasteiger charge is 2.42. The molecule has 0 saturated carbocycles. The molecule has 0 amide bonds. The fraction of sp³-hybridized carbons (Fsp3) is 0.394. The fourth-order valence-corrected chi connectivity index (χ4v) is 11.8. The van der Waals surface area contributed by atoms with Crippen LogP contribution in [0.15, 0.2) is 91.0 Å². The molecular weight excluding hydrogens is 566 g/mol. The maximum Gasteiger partial charge on any atom is 0.333 e. The molecule has 41 heavy (non-hydrogen) atoms. The molecule has 0 spiro atoms. The van der Waals surface area contributed by atoms with Gasteiger partial charge in [-0.05, 0) is 60.6 Å². The molecule has 0 aliphatic heterocycles. The zero-order chi connectivity index (χ0) is 30.2. The number of hydrogen-bond acceptors (Lipinski definition) is 5. The Morgan fingerprint density at radius 2 is 1.17 bits per heavy atom. The average molecular weight is 613 g/mol. The molecule has 0 bridgehead atoms. The zero-order valence-corrected chi connectivity index (χ0v) is 28.4. The van der Waals surface area contributed by atoms with Gasteiger partial charge in [0.15, 0.2) is 14.1 Å². The van der Waals surface area contributed by atoms with Crippen molar-refractivity contribution in [2.75, 3.05) is 19.4 Å². The average Bonchev–Trinajstić information content (AvgIpc) is 2.92. The topological polar surface area (TPSA) is 61.8 Å². The predicted molar refractivity (Wildman–Crippen MR) is 179 cm³/mol. The molecule has 0 fully saturated rings. The Morgan fingerprint density at radius 1 is 0.780 bits per heavy atom. The standard InChI is InChI=1S/C33H46O5P2Si/c1-8-36-40(35,37-9-2)27-29(38-41(6,7)33(3,4)5)25-28(34)26-39(30-19-13-10-14-20-30,31-21-15-11-16-22-31)32-23-17-12-18-24-32/h10-24,26,29H,8-9,25,27H2,1-7H3/t29-/m1/s1. The van der Waals surface area contributed by atoms with Crippen molar-refractivity contribution < 1.29 is 22.8 Å². The lowest BCUT2D eigenvalue weighted by molar-refractivity contribution is -0.113. The summed E-state index contributed by atoms with van der Waals surface area (Å²) < 4.78 is 31.7. The molecule has 0 aliphatic rings. The lowest BCUT2D eigenvalue weighted by atomic mass is 10.2. The van der Waals surface area contributed by atoms with Gasteiger partial charge in [0.05, 0.1) is 25.5 Å². The van der Waals surface area contributed by atoms with E-state index in [1.807, 2.05) is 60.4 Å². The van der Waals surface area contributed by atoms with Gasteiger partial charge in [-0.15, -0.1) is 0 Å². The summed E-state index contributed by atoms with van der Waals surface area (Å²) >= 11 is 0. The molecule has 0 unspecified atom stereocenters. The van der Waals surface area contributed by atoms with Crippen LogP contribution in [-0.4, -0.2) is 45.4 Å². The lowest BCUT2D eigenvalue weighted by Crippen LogP contribution is -2.45. The summed E-state index contributed by atoms with van der Waals surface area (Å²) in [7, 11) is -5.78. The van der Waals surface area contributed by atoms with Crippen LogP contribution in [0.5, 0.6) is 0 Å². The highest BCUT2D eigenvalue weighted by Crippen LogP contribution is 2.50. The van der Waals surface area contributed by atoms with Crippen LogP contribution < -0.4 is 15.9 Å². The summed E-state index contributed by atoms with van der Waals surface area (Å²) in [6.07, 6.45) is -0.480. The number of hydrogen-bond donors (Lipinski definition) is 0. The van der Waals surface area contributed by atoms with Gasteiger partial charge in [0, 0.05) is 6.42 Å². The van der Waals surface area contributed by atoms with E-state index in [-0.39, 0.29) is 36.6 Å². The first-order chi connectivity index (χ1) is 19.4. The van der Waals surface area contributed by atoms with Crippen LogP contribution in [0.4, 0.5) is 0 Å². The second-order valence-electron chi connectivity index (χ2n) is 11.7.